The molecule has 0 spiro atoms. The minimum Gasteiger partial charge on any atom is -0.380 e. The average Bonchev–Trinajstić information content (AvgIpc) is 3.12. The van der Waals surface area contributed by atoms with Gasteiger partial charge < -0.3 is 20.4 Å². The highest BCUT2D eigenvalue weighted by Gasteiger charge is 2.75. The highest BCUT2D eigenvalue weighted by atomic mass is 16.4. The van der Waals surface area contributed by atoms with Crippen molar-refractivity contribution in [3.63, 3.8) is 0 Å². The predicted octanol–water partition coefficient (Wildman–Crippen LogP) is 2.91. The van der Waals surface area contributed by atoms with Gasteiger partial charge in [0.2, 0.25) is 0 Å². The zero-order valence-electron chi connectivity index (χ0n) is 19.2. The van der Waals surface area contributed by atoms with E-state index in [4.69, 9.17) is 8.22 Å². The fourth-order valence-electron chi connectivity index (χ4n) is 4.73. The van der Waals surface area contributed by atoms with Gasteiger partial charge in [0.25, 0.3) is 0 Å². The molecule has 0 amide bonds. The Bertz CT molecular complexity index is 1070. The molecule has 1 fully saturated rings. The van der Waals surface area contributed by atoms with Gasteiger partial charge in [0, 0.05) is 37.1 Å². The maximum absolute atomic E-state index is 11.9. The predicted molar refractivity (Wildman–Crippen MR) is 93.9 cm³/mol. The Hall–Kier alpha value is -2.04. The molecule has 4 nitrogen and oxygen atoms in total. The van der Waals surface area contributed by atoms with Crippen LogP contribution in [0.4, 0.5) is 11.4 Å². The van der Waals surface area contributed by atoms with Gasteiger partial charge in [-0.3, -0.25) is 0 Å². The van der Waals surface area contributed by atoms with Crippen LogP contribution in [-0.2, 0) is 11.1 Å². The molecule has 3 aliphatic rings. The molecule has 124 valence electrons. The van der Waals surface area contributed by atoms with E-state index >= 15 is 0 Å². The van der Waals surface area contributed by atoms with Crippen molar-refractivity contribution in [2.75, 3.05) is 10.2 Å². The number of nitrogens with one attached hydrogen (secondary N) is 1. The zero-order chi connectivity index (χ0) is 22.0. The van der Waals surface area contributed by atoms with Gasteiger partial charge in [0.05, 0.1) is 11.1 Å². The van der Waals surface area contributed by atoms with Gasteiger partial charge in [-0.25, -0.2) is 0 Å². The molecule has 0 bridgehead atoms. The number of nitrogens with zero attached hydrogens (tertiary/aromatic N) is 1. The number of hydrogen-bond donors (Lipinski definition) is 3. The molecule has 4 atom stereocenters. The van der Waals surface area contributed by atoms with E-state index in [1.165, 1.54) is 11.8 Å². The van der Waals surface area contributed by atoms with Crippen LogP contribution >= 0.6 is 0 Å². The first-order chi connectivity index (χ1) is 13.8. The molecular weight excluding hydrogens is 300 g/mol. The molecule has 1 saturated heterocycles. The van der Waals surface area contributed by atoms with Crippen molar-refractivity contribution in [1.29, 1.82) is 0 Å². The van der Waals surface area contributed by atoms with Gasteiger partial charge in [-0.1, -0.05) is 36.4 Å². The largest absolute Gasteiger partial charge is 0.380 e. The lowest BCUT2D eigenvalue weighted by Crippen LogP contribution is -2.57. The number of aliphatic hydroxyl groups is 2. The zero-order valence-corrected chi connectivity index (χ0v) is 13.2. The van der Waals surface area contributed by atoms with Gasteiger partial charge in [0.1, 0.15) is 5.60 Å². The maximum atomic E-state index is 11.9. The third-order valence-electron chi connectivity index (χ3n) is 5.95. The van der Waals surface area contributed by atoms with Crippen LogP contribution in [0.5, 0.6) is 0 Å². The minimum absolute atomic E-state index is 0.268. The summed E-state index contributed by atoms with van der Waals surface area (Å²) < 4.78 is 51.0. The molecule has 24 heavy (non-hydrogen) atoms. The quantitative estimate of drug-likeness (QED) is 0.696. The van der Waals surface area contributed by atoms with E-state index in [1.54, 1.807) is 48.5 Å². The van der Waals surface area contributed by atoms with Crippen LogP contribution < -0.4 is 10.2 Å². The smallest absolute Gasteiger partial charge is 0.174 e. The summed E-state index contributed by atoms with van der Waals surface area (Å²) >= 11 is 0. The molecule has 0 radical (unpaired) electrons. The Morgan fingerprint density at radius 3 is 2.50 bits per heavy atom. The van der Waals surface area contributed by atoms with E-state index in [0.29, 0.717) is 16.9 Å². The summed E-state index contributed by atoms with van der Waals surface area (Å²) in [5.74, 6) is 0. The molecule has 0 aliphatic carbocycles. The van der Waals surface area contributed by atoms with Crippen molar-refractivity contribution >= 4 is 11.4 Å². The lowest BCUT2D eigenvalue weighted by atomic mass is 9.75. The van der Waals surface area contributed by atoms with Gasteiger partial charge in [-0.15, -0.1) is 0 Å². The normalized spacial score (nSPS) is 46.2. The van der Waals surface area contributed by atoms with Gasteiger partial charge in [-0.2, -0.15) is 0 Å². The Labute approximate surface area is 150 Å². The summed E-state index contributed by atoms with van der Waals surface area (Å²) in [4.78, 5) is 1.26. The third kappa shape index (κ3) is 1.21. The summed E-state index contributed by atoms with van der Waals surface area (Å²) in [5, 5.41) is 26.3. The average molecular weight is 328 g/mol. The number of hydrogen-bond acceptors (Lipinski definition) is 4. The molecular formula is C20H22N2O2. The van der Waals surface area contributed by atoms with Gasteiger partial charge in [0.15, 0.2) is 5.72 Å². The van der Waals surface area contributed by atoms with Crippen molar-refractivity contribution in [2.24, 2.45) is 0 Å². The number of para-hydroxylation sites is 2. The van der Waals surface area contributed by atoms with Crippen molar-refractivity contribution < 1.29 is 18.4 Å². The highest BCUT2D eigenvalue weighted by Crippen LogP contribution is 2.67. The summed E-state index contributed by atoms with van der Waals surface area (Å²) in [6.45, 7) is -4.27. The first kappa shape index (κ1) is 9.44. The second kappa shape index (κ2) is 3.79. The summed E-state index contributed by atoms with van der Waals surface area (Å²) in [7, 11) is 0. The number of fused-ring (bicyclic) bond motifs is 7. The number of anilines is 2. The first-order valence-electron chi connectivity index (χ1n) is 11.0. The van der Waals surface area contributed by atoms with Crippen LogP contribution in [-0.4, -0.2) is 21.5 Å². The van der Waals surface area contributed by atoms with Crippen LogP contribution in [0.15, 0.2) is 48.5 Å². The van der Waals surface area contributed by atoms with E-state index in [-0.39, 0.29) is 5.56 Å². The van der Waals surface area contributed by atoms with Crippen molar-refractivity contribution in [2.45, 2.75) is 49.5 Å². The minimum atomic E-state index is -2.86. The first-order valence-corrected chi connectivity index (χ1v) is 7.98. The van der Waals surface area contributed by atoms with E-state index in [1.807, 2.05) is 0 Å². The molecule has 4 heteroatoms. The van der Waals surface area contributed by atoms with Crippen molar-refractivity contribution in [1.82, 2.24) is 0 Å². The lowest BCUT2D eigenvalue weighted by molar-refractivity contribution is -0.134. The Kier molecular flexibility index (Phi) is 1.49. The Morgan fingerprint density at radius 1 is 1.04 bits per heavy atom. The molecule has 3 heterocycles. The van der Waals surface area contributed by atoms with E-state index in [9.17, 15) is 10.2 Å². The Morgan fingerprint density at radius 2 is 1.75 bits per heavy atom. The van der Waals surface area contributed by atoms with Gasteiger partial charge >= 0.3 is 0 Å². The summed E-state index contributed by atoms with van der Waals surface area (Å²) in [6.07, 6.45) is -0.509. The molecule has 3 N–H and O–H groups in total. The second-order valence-electron chi connectivity index (χ2n) is 7.20. The number of benzene rings is 2. The van der Waals surface area contributed by atoms with E-state index < -0.39 is 42.5 Å². The summed E-state index contributed by atoms with van der Waals surface area (Å²) in [6, 6.07) is 13.2. The molecule has 0 saturated carbocycles. The lowest BCUT2D eigenvalue weighted by Gasteiger charge is -2.44. The third-order valence-corrected chi connectivity index (χ3v) is 5.95. The second-order valence-corrected chi connectivity index (χ2v) is 7.20. The SMILES string of the molecule is [2H]C([2H])([2H])C12CC3(O)N(c4ccccc4C3(C)O)C1(C([2H])([2H])[2H])c1ccccc1N2. The molecule has 2 aromatic rings. The van der Waals surface area contributed by atoms with E-state index in [0.717, 1.165) is 0 Å². The molecule has 2 aromatic carbocycles. The standard InChI is InChI=1S/C20H22N2O2/c1-17-12-20(24)19(3,23)14-9-5-7-11-16(14)22(20)18(17,2)13-8-4-6-10-15(13)21-17/h4-11,21,23-24H,12H2,1-3H3/i1D3,2D3. The maximum Gasteiger partial charge on any atom is 0.174 e. The Balaban J connectivity index is 1.98. The highest BCUT2D eigenvalue weighted by molar-refractivity contribution is 5.77. The molecule has 0 aromatic heterocycles. The molecule has 3 aliphatic heterocycles. The monoisotopic (exact) mass is 328 g/mol. The topological polar surface area (TPSA) is 55.7 Å². The van der Waals surface area contributed by atoms with Crippen LogP contribution in [0.1, 0.15) is 46.4 Å². The van der Waals surface area contributed by atoms with Crippen molar-refractivity contribution in [3.05, 3.63) is 59.7 Å². The van der Waals surface area contributed by atoms with Crippen LogP contribution in [0.3, 0.4) is 0 Å². The molecule has 4 unspecified atom stereocenters. The van der Waals surface area contributed by atoms with Crippen LogP contribution in [0.25, 0.3) is 0 Å². The summed E-state index contributed by atoms with van der Waals surface area (Å²) in [5.41, 5.74) is -6.89. The molecule has 5 rings (SSSR count). The number of rotatable bonds is 0. The fraction of sp³-hybridized carbons (Fsp3) is 0.400. The fourth-order valence-corrected chi connectivity index (χ4v) is 4.73. The van der Waals surface area contributed by atoms with Crippen molar-refractivity contribution in [3.8, 4) is 0 Å². The van der Waals surface area contributed by atoms with Gasteiger partial charge in [-0.05, 0) is 32.8 Å². The van der Waals surface area contributed by atoms with Crippen LogP contribution in [0, 0.1) is 0 Å². The van der Waals surface area contributed by atoms with Crippen LogP contribution in [0.2, 0.25) is 0 Å². The van der Waals surface area contributed by atoms with E-state index in [2.05, 4.69) is 5.32 Å².